The van der Waals surface area contributed by atoms with E-state index in [0.717, 1.165) is 18.7 Å². The first-order chi connectivity index (χ1) is 9.41. The largest absolute Gasteiger partial charge is 0.460 e. The van der Waals surface area contributed by atoms with Crippen LogP contribution in [0.15, 0.2) is 34.7 Å². The molecule has 0 aliphatic carbocycles. The molecule has 1 heterocycles. The van der Waals surface area contributed by atoms with Crippen molar-refractivity contribution in [1.82, 2.24) is 5.32 Å². The topological polar surface area (TPSA) is 25.2 Å². The average Bonchev–Trinajstić information content (AvgIpc) is 2.84. The van der Waals surface area contributed by atoms with Crippen molar-refractivity contribution < 1.29 is 22.0 Å². The molecule has 0 atom stereocenters. The first kappa shape index (κ1) is 14.6. The third-order valence-electron chi connectivity index (χ3n) is 2.77. The Morgan fingerprint density at radius 2 is 1.90 bits per heavy atom. The van der Waals surface area contributed by atoms with E-state index in [1.807, 2.05) is 6.92 Å². The molecular formula is C14H13F4NO. The van der Waals surface area contributed by atoms with Gasteiger partial charge in [-0.1, -0.05) is 6.92 Å². The highest BCUT2D eigenvalue weighted by molar-refractivity contribution is 5.59. The Balaban J connectivity index is 2.31. The predicted octanol–water partition coefficient (Wildman–Crippen LogP) is 4.21. The summed E-state index contributed by atoms with van der Waals surface area (Å²) < 4.78 is 56.5. The summed E-state index contributed by atoms with van der Waals surface area (Å²) in [5, 5.41) is 3.04. The molecule has 0 aliphatic heterocycles. The molecule has 0 saturated carbocycles. The summed E-state index contributed by atoms with van der Waals surface area (Å²) in [4.78, 5) is 0. The second-order valence-corrected chi connectivity index (χ2v) is 4.24. The first-order valence-electron chi connectivity index (χ1n) is 6.08. The van der Waals surface area contributed by atoms with E-state index in [1.54, 1.807) is 12.1 Å². The highest BCUT2D eigenvalue weighted by atomic mass is 19.4. The normalized spacial score (nSPS) is 11.8. The minimum Gasteiger partial charge on any atom is -0.460 e. The summed E-state index contributed by atoms with van der Waals surface area (Å²) in [6, 6.07) is 6.06. The molecule has 0 unspecified atom stereocenters. The molecule has 2 nitrogen and oxygen atoms in total. The van der Waals surface area contributed by atoms with Gasteiger partial charge in [0.15, 0.2) is 0 Å². The van der Waals surface area contributed by atoms with Crippen molar-refractivity contribution in [3.8, 4) is 11.3 Å². The molecule has 0 saturated heterocycles. The Labute approximate surface area is 113 Å². The summed E-state index contributed by atoms with van der Waals surface area (Å²) in [7, 11) is 0. The molecule has 108 valence electrons. The predicted molar refractivity (Wildman–Crippen MR) is 66.5 cm³/mol. The first-order valence-corrected chi connectivity index (χ1v) is 6.08. The van der Waals surface area contributed by atoms with Gasteiger partial charge in [-0.25, -0.2) is 4.39 Å². The molecule has 0 radical (unpaired) electrons. The number of hydrogen-bond acceptors (Lipinski definition) is 2. The van der Waals surface area contributed by atoms with Crippen LogP contribution in [0.25, 0.3) is 11.3 Å². The molecule has 1 N–H and O–H groups in total. The maximum atomic E-state index is 13.2. The molecule has 2 aromatic rings. The summed E-state index contributed by atoms with van der Waals surface area (Å²) in [6.07, 6.45) is -4.72. The van der Waals surface area contributed by atoms with Crippen LogP contribution in [0, 0.1) is 5.82 Å². The molecule has 1 aromatic carbocycles. The maximum absolute atomic E-state index is 13.2. The van der Waals surface area contributed by atoms with E-state index >= 15 is 0 Å². The van der Waals surface area contributed by atoms with Gasteiger partial charge in [0.1, 0.15) is 17.3 Å². The Morgan fingerprint density at radius 1 is 1.15 bits per heavy atom. The van der Waals surface area contributed by atoms with Gasteiger partial charge in [-0.05, 0) is 36.9 Å². The van der Waals surface area contributed by atoms with E-state index in [9.17, 15) is 17.6 Å². The smallest absolute Gasteiger partial charge is 0.419 e. The van der Waals surface area contributed by atoms with Gasteiger partial charge in [0, 0.05) is 5.56 Å². The number of rotatable bonds is 4. The molecular weight excluding hydrogens is 274 g/mol. The number of hydrogen-bond donors (Lipinski definition) is 1. The molecule has 20 heavy (non-hydrogen) atoms. The summed E-state index contributed by atoms with van der Waals surface area (Å²) in [6.45, 7) is 3.17. The number of furan rings is 1. The zero-order chi connectivity index (χ0) is 14.8. The maximum Gasteiger partial charge on any atom is 0.419 e. The van der Waals surface area contributed by atoms with E-state index in [0.29, 0.717) is 12.3 Å². The Morgan fingerprint density at radius 3 is 2.55 bits per heavy atom. The lowest BCUT2D eigenvalue weighted by Gasteiger charge is -2.09. The highest BCUT2D eigenvalue weighted by Gasteiger charge is 2.34. The van der Waals surface area contributed by atoms with Crippen molar-refractivity contribution in [2.45, 2.75) is 19.6 Å². The second-order valence-electron chi connectivity index (χ2n) is 4.24. The third-order valence-corrected chi connectivity index (χ3v) is 2.77. The van der Waals surface area contributed by atoms with Crippen molar-refractivity contribution in [2.24, 2.45) is 0 Å². The van der Waals surface area contributed by atoms with Crippen LogP contribution in [0.4, 0.5) is 17.6 Å². The van der Waals surface area contributed by atoms with E-state index in [-0.39, 0.29) is 11.3 Å². The number of alkyl halides is 3. The molecule has 0 amide bonds. The van der Waals surface area contributed by atoms with Gasteiger partial charge < -0.3 is 9.73 Å². The fourth-order valence-corrected chi connectivity index (χ4v) is 1.77. The molecule has 0 fully saturated rings. The van der Waals surface area contributed by atoms with Gasteiger partial charge in [-0.3, -0.25) is 0 Å². The highest BCUT2D eigenvalue weighted by Crippen LogP contribution is 2.34. The van der Waals surface area contributed by atoms with Crippen LogP contribution in [0.3, 0.4) is 0 Å². The van der Waals surface area contributed by atoms with Crippen molar-refractivity contribution in [2.75, 3.05) is 6.54 Å². The SMILES string of the molecule is CCNCc1ccc(-c2ccc(F)c(C(F)(F)F)c2)o1. The van der Waals surface area contributed by atoms with Gasteiger partial charge in [-0.15, -0.1) is 0 Å². The fourth-order valence-electron chi connectivity index (χ4n) is 1.77. The third kappa shape index (κ3) is 3.19. The quantitative estimate of drug-likeness (QED) is 0.852. The van der Waals surface area contributed by atoms with Crippen LogP contribution in [-0.4, -0.2) is 6.54 Å². The minimum atomic E-state index is -4.72. The van der Waals surface area contributed by atoms with Crippen LogP contribution < -0.4 is 5.32 Å². The van der Waals surface area contributed by atoms with Crippen LogP contribution >= 0.6 is 0 Å². The Bertz CT molecular complexity index is 589. The molecule has 0 bridgehead atoms. The number of nitrogens with one attached hydrogen (secondary N) is 1. The molecule has 0 spiro atoms. The molecule has 1 aromatic heterocycles. The van der Waals surface area contributed by atoms with Crippen LogP contribution in [0.5, 0.6) is 0 Å². The lowest BCUT2D eigenvalue weighted by atomic mass is 10.1. The van der Waals surface area contributed by atoms with Gasteiger partial charge in [-0.2, -0.15) is 13.2 Å². The standard InChI is InChI=1S/C14H13F4NO/c1-2-19-8-10-4-6-13(20-10)9-3-5-12(15)11(7-9)14(16,17)18/h3-7,19H,2,8H2,1H3. The lowest BCUT2D eigenvalue weighted by Crippen LogP contribution is -2.10. The second kappa shape index (κ2) is 5.66. The van der Waals surface area contributed by atoms with Gasteiger partial charge in [0.25, 0.3) is 0 Å². The zero-order valence-electron chi connectivity index (χ0n) is 10.7. The number of halogens is 4. The van der Waals surface area contributed by atoms with Crippen molar-refractivity contribution in [3.63, 3.8) is 0 Å². The van der Waals surface area contributed by atoms with Gasteiger partial charge in [0.2, 0.25) is 0 Å². The zero-order valence-corrected chi connectivity index (χ0v) is 10.7. The summed E-state index contributed by atoms with van der Waals surface area (Å²) in [5.41, 5.74) is -1.10. The molecule has 6 heteroatoms. The van der Waals surface area contributed by atoms with Crippen LogP contribution in [-0.2, 0) is 12.7 Å². The van der Waals surface area contributed by atoms with E-state index in [4.69, 9.17) is 4.42 Å². The van der Waals surface area contributed by atoms with Crippen LogP contribution in [0.2, 0.25) is 0 Å². The average molecular weight is 287 g/mol. The molecule has 0 aliphatic rings. The van der Waals surface area contributed by atoms with E-state index in [2.05, 4.69) is 5.32 Å². The lowest BCUT2D eigenvalue weighted by molar-refractivity contribution is -0.139. The van der Waals surface area contributed by atoms with Crippen molar-refractivity contribution in [3.05, 3.63) is 47.5 Å². The summed E-state index contributed by atoms with van der Waals surface area (Å²) in [5.74, 6) is -0.399. The number of benzene rings is 1. The fraction of sp³-hybridized carbons (Fsp3) is 0.286. The monoisotopic (exact) mass is 287 g/mol. The van der Waals surface area contributed by atoms with E-state index in [1.165, 1.54) is 6.07 Å². The van der Waals surface area contributed by atoms with Gasteiger partial charge in [0.05, 0.1) is 12.1 Å². The van der Waals surface area contributed by atoms with E-state index < -0.39 is 17.6 Å². The Hall–Kier alpha value is -1.82. The van der Waals surface area contributed by atoms with Crippen molar-refractivity contribution in [1.29, 1.82) is 0 Å². The van der Waals surface area contributed by atoms with Crippen LogP contribution in [0.1, 0.15) is 18.2 Å². The van der Waals surface area contributed by atoms with Crippen molar-refractivity contribution >= 4 is 0 Å². The Kier molecular flexibility index (Phi) is 4.13. The summed E-state index contributed by atoms with van der Waals surface area (Å²) >= 11 is 0. The minimum absolute atomic E-state index is 0.196. The molecule has 2 rings (SSSR count). The van der Waals surface area contributed by atoms with Gasteiger partial charge >= 0.3 is 6.18 Å².